The molecule has 0 radical (unpaired) electrons. The van der Waals surface area contributed by atoms with Crippen molar-refractivity contribution in [3.63, 3.8) is 0 Å². The molecule has 0 spiro atoms. The summed E-state index contributed by atoms with van der Waals surface area (Å²) >= 11 is 0. The fourth-order valence-electron chi connectivity index (χ4n) is 6.67. The average molecular weight is 627 g/mol. The van der Waals surface area contributed by atoms with Gasteiger partial charge in [0.15, 0.2) is 0 Å². The van der Waals surface area contributed by atoms with Crippen LogP contribution in [0.2, 0.25) is 0 Å². The molecule has 0 saturated carbocycles. The Kier molecular flexibility index (Phi) is 11.3. The molecule has 4 nitrogen and oxygen atoms in total. The topological polar surface area (TPSA) is 36.9 Å². The second kappa shape index (κ2) is 15.7. The van der Waals surface area contributed by atoms with Gasteiger partial charge >= 0.3 is 0 Å². The van der Waals surface area contributed by atoms with E-state index in [-0.39, 0.29) is 40.3 Å². The van der Waals surface area contributed by atoms with Crippen LogP contribution in [0, 0.1) is 0 Å². The summed E-state index contributed by atoms with van der Waals surface area (Å²) in [4.78, 5) is 0. The fourth-order valence-corrected chi connectivity index (χ4v) is 13.2. The summed E-state index contributed by atoms with van der Waals surface area (Å²) < 4.78 is 27.2. The van der Waals surface area contributed by atoms with Gasteiger partial charge < -0.3 is 18.9 Å². The third kappa shape index (κ3) is 8.04. The van der Waals surface area contributed by atoms with E-state index >= 15 is 0 Å². The van der Waals surface area contributed by atoms with Gasteiger partial charge in [0, 0.05) is 11.3 Å². The molecule has 0 aliphatic carbocycles. The van der Waals surface area contributed by atoms with Gasteiger partial charge in [-0.2, -0.15) is 0 Å². The molecule has 6 rings (SSSR count). The van der Waals surface area contributed by atoms with Crippen LogP contribution in [0.25, 0.3) is 0 Å². The standard InChI is InChI=1S/C38H44O4P2/c1-43-27-33(39-23-29-15-7-3-8-16-29)35(41-25-31-19-11-5-12-20-31)37(43)38-36(42-26-32-21-13-6-14-22-32)34(28-44(38)2)40-24-30-17-9-4-10-18-30/h3-22,33-38H,23-28H2,1-2H3/t33-,34-,35+,36?,37-,38?,43?,44?/m1/s1. The number of hydrogen-bond donors (Lipinski definition) is 0. The third-order valence-corrected chi connectivity index (χ3v) is 14.3. The van der Waals surface area contributed by atoms with Gasteiger partial charge in [-0.25, -0.2) is 0 Å². The molecule has 0 N–H and O–H groups in total. The van der Waals surface area contributed by atoms with E-state index < -0.39 is 0 Å². The predicted molar refractivity (Wildman–Crippen MR) is 183 cm³/mol. The van der Waals surface area contributed by atoms with Gasteiger partial charge in [-0.05, 0) is 47.9 Å². The van der Waals surface area contributed by atoms with Crippen molar-refractivity contribution in [1.82, 2.24) is 0 Å². The maximum absolute atomic E-state index is 6.91. The molecule has 4 aromatic carbocycles. The van der Waals surface area contributed by atoms with E-state index in [2.05, 4.69) is 135 Å². The minimum absolute atomic E-state index is 0.0145. The van der Waals surface area contributed by atoms with Gasteiger partial charge in [-0.15, -0.1) is 15.8 Å². The largest absolute Gasteiger partial charge is 0.370 e. The molecule has 0 aromatic heterocycles. The average Bonchev–Trinajstić information content (AvgIpc) is 3.55. The lowest BCUT2D eigenvalue weighted by atomic mass is 10.0. The lowest BCUT2D eigenvalue weighted by Gasteiger charge is -2.36. The monoisotopic (exact) mass is 626 g/mol. The summed E-state index contributed by atoms with van der Waals surface area (Å²) in [6, 6.07) is 42.1. The second-order valence-corrected chi connectivity index (χ2v) is 17.0. The molecule has 2 aliphatic heterocycles. The highest BCUT2D eigenvalue weighted by molar-refractivity contribution is 7.62. The fraction of sp³-hybridized carbons (Fsp3) is 0.368. The Morgan fingerprint density at radius 3 is 1.00 bits per heavy atom. The summed E-state index contributed by atoms with van der Waals surface area (Å²) in [5, 5.41) is 0. The molecule has 2 heterocycles. The molecule has 0 amide bonds. The van der Waals surface area contributed by atoms with Crippen LogP contribution in [0.4, 0.5) is 0 Å². The van der Waals surface area contributed by atoms with Crippen LogP contribution in [0.3, 0.4) is 0 Å². The van der Waals surface area contributed by atoms with Crippen molar-refractivity contribution in [2.45, 2.75) is 62.2 Å². The summed E-state index contributed by atoms with van der Waals surface area (Å²) in [5.74, 6) is 0. The Bertz CT molecular complexity index is 1280. The first kappa shape index (κ1) is 31.6. The Balaban J connectivity index is 1.25. The maximum Gasteiger partial charge on any atom is 0.0918 e. The second-order valence-electron chi connectivity index (χ2n) is 12.1. The third-order valence-electron chi connectivity index (χ3n) is 8.89. The summed E-state index contributed by atoms with van der Waals surface area (Å²) in [5.41, 5.74) is 5.58. The molecular weight excluding hydrogens is 582 g/mol. The highest BCUT2D eigenvalue weighted by atomic mass is 31.1. The van der Waals surface area contributed by atoms with Crippen LogP contribution < -0.4 is 0 Å². The van der Waals surface area contributed by atoms with Crippen LogP contribution in [0.15, 0.2) is 121 Å². The lowest BCUT2D eigenvalue weighted by molar-refractivity contribution is -0.0900. The van der Waals surface area contributed by atoms with Gasteiger partial charge in [0.25, 0.3) is 0 Å². The first-order valence-electron chi connectivity index (χ1n) is 15.7. The zero-order valence-corrected chi connectivity index (χ0v) is 27.6. The van der Waals surface area contributed by atoms with Crippen LogP contribution in [0.5, 0.6) is 0 Å². The van der Waals surface area contributed by atoms with E-state index in [4.69, 9.17) is 18.9 Å². The highest BCUT2D eigenvalue weighted by Crippen LogP contribution is 2.62. The van der Waals surface area contributed by atoms with Crippen LogP contribution in [-0.4, -0.2) is 61.4 Å². The molecule has 2 fully saturated rings. The number of rotatable bonds is 13. The molecule has 4 unspecified atom stereocenters. The predicted octanol–water partition coefficient (Wildman–Crippen LogP) is 8.32. The van der Waals surface area contributed by atoms with E-state index in [1.165, 1.54) is 22.3 Å². The number of benzene rings is 4. The first-order chi connectivity index (χ1) is 21.7. The highest BCUT2D eigenvalue weighted by Gasteiger charge is 2.55. The normalized spacial score (nSPS) is 28.3. The Morgan fingerprint density at radius 1 is 0.432 bits per heavy atom. The van der Waals surface area contributed by atoms with E-state index in [1.54, 1.807) is 0 Å². The van der Waals surface area contributed by atoms with E-state index in [0.717, 1.165) is 12.3 Å². The SMILES string of the molecule is CP1C[C@@H](OCc2ccccc2)C(OCc2ccccc2)C1[C@H]1[C@@H](OCc2ccccc2)[C@H](OCc2ccccc2)CP1C. The van der Waals surface area contributed by atoms with Crippen molar-refractivity contribution in [1.29, 1.82) is 0 Å². The van der Waals surface area contributed by atoms with Gasteiger partial charge in [0.1, 0.15) is 0 Å². The smallest absolute Gasteiger partial charge is 0.0918 e. The first-order valence-corrected chi connectivity index (χ1v) is 19.8. The van der Waals surface area contributed by atoms with Gasteiger partial charge in [-0.3, -0.25) is 0 Å². The van der Waals surface area contributed by atoms with Crippen molar-refractivity contribution in [3.05, 3.63) is 144 Å². The lowest BCUT2D eigenvalue weighted by Crippen LogP contribution is -2.46. The van der Waals surface area contributed by atoms with Crippen molar-refractivity contribution in [2.75, 3.05) is 25.7 Å². The van der Waals surface area contributed by atoms with Crippen LogP contribution >= 0.6 is 15.8 Å². The van der Waals surface area contributed by atoms with Gasteiger partial charge in [-0.1, -0.05) is 121 Å². The zero-order chi connectivity index (χ0) is 30.1. The minimum Gasteiger partial charge on any atom is -0.370 e. The van der Waals surface area contributed by atoms with Gasteiger partial charge in [0.05, 0.1) is 50.8 Å². The molecule has 230 valence electrons. The van der Waals surface area contributed by atoms with Crippen molar-refractivity contribution in [2.24, 2.45) is 0 Å². The quantitative estimate of drug-likeness (QED) is 0.140. The Morgan fingerprint density at radius 2 is 0.705 bits per heavy atom. The van der Waals surface area contributed by atoms with Crippen LogP contribution in [0.1, 0.15) is 22.3 Å². The van der Waals surface area contributed by atoms with E-state index in [0.29, 0.717) is 37.7 Å². The molecule has 4 aromatic rings. The summed E-state index contributed by atoms with van der Waals surface area (Å²) in [6.45, 7) is 7.31. The number of ether oxygens (including phenoxy) is 4. The molecule has 2 saturated heterocycles. The Labute approximate surface area is 265 Å². The molecular formula is C38H44O4P2. The molecule has 8 atom stereocenters. The van der Waals surface area contributed by atoms with E-state index in [1.807, 2.05) is 0 Å². The number of hydrogen-bond acceptors (Lipinski definition) is 4. The van der Waals surface area contributed by atoms with Crippen molar-refractivity contribution < 1.29 is 18.9 Å². The van der Waals surface area contributed by atoms with Gasteiger partial charge in [0.2, 0.25) is 0 Å². The van der Waals surface area contributed by atoms with Crippen molar-refractivity contribution in [3.8, 4) is 0 Å². The van der Waals surface area contributed by atoms with Crippen molar-refractivity contribution >= 4 is 15.8 Å². The van der Waals surface area contributed by atoms with Crippen LogP contribution in [-0.2, 0) is 45.4 Å². The minimum atomic E-state index is -0.339. The summed E-state index contributed by atoms with van der Waals surface area (Å²) in [7, 11) is -0.677. The molecule has 0 bridgehead atoms. The zero-order valence-electron chi connectivity index (χ0n) is 25.8. The van der Waals surface area contributed by atoms with E-state index in [9.17, 15) is 0 Å². The molecule has 6 heteroatoms. The molecule has 2 aliphatic rings. The Hall–Kier alpha value is -2.42. The molecule has 44 heavy (non-hydrogen) atoms. The summed E-state index contributed by atoms with van der Waals surface area (Å²) in [6.07, 6.45) is 2.24. The maximum atomic E-state index is 6.91.